The Morgan fingerprint density at radius 1 is 1.23 bits per heavy atom. The number of morpholine rings is 1. The van der Waals surface area contributed by atoms with Gasteiger partial charge in [-0.25, -0.2) is 4.99 Å². The first-order chi connectivity index (χ1) is 14.8. The Kier molecular flexibility index (Phi) is 9.35. The van der Waals surface area contributed by atoms with E-state index in [1.54, 1.807) is 12.4 Å². The number of fused-ring (bicyclic) bond motifs is 1. The molecule has 1 N–H and O–H groups in total. The molecule has 8 heteroatoms. The number of rotatable bonds is 7. The third-order valence-electron chi connectivity index (χ3n) is 5.54. The summed E-state index contributed by atoms with van der Waals surface area (Å²) in [7, 11) is 0. The van der Waals surface area contributed by atoms with Gasteiger partial charge in [0.15, 0.2) is 5.96 Å². The molecule has 2 aliphatic rings. The van der Waals surface area contributed by atoms with Crippen LogP contribution < -0.4 is 10.1 Å². The molecule has 3 heterocycles. The summed E-state index contributed by atoms with van der Waals surface area (Å²) in [5, 5.41) is 3.43. The van der Waals surface area contributed by atoms with Crippen molar-refractivity contribution >= 4 is 29.9 Å². The summed E-state index contributed by atoms with van der Waals surface area (Å²) in [6, 6.07) is 14.8. The van der Waals surface area contributed by atoms with Crippen molar-refractivity contribution in [2.24, 2.45) is 4.99 Å². The fraction of sp³-hybridized carbons (Fsp3) is 0.478. The molecule has 0 bridgehead atoms. The molecule has 2 fully saturated rings. The topological polar surface area (TPSA) is 62.2 Å². The third kappa shape index (κ3) is 6.54. The predicted molar refractivity (Wildman–Crippen MR) is 133 cm³/mol. The Morgan fingerprint density at radius 2 is 2.10 bits per heavy atom. The zero-order valence-corrected chi connectivity index (χ0v) is 20.4. The summed E-state index contributed by atoms with van der Waals surface area (Å²) in [5.74, 6) is 1.71. The van der Waals surface area contributed by atoms with E-state index >= 15 is 0 Å². The lowest BCUT2D eigenvalue weighted by Crippen LogP contribution is -2.50. The molecular formula is C23H32IN5O2. The second kappa shape index (κ2) is 12.2. The molecule has 2 saturated heterocycles. The molecule has 0 radical (unpaired) electrons. The van der Waals surface area contributed by atoms with Gasteiger partial charge in [-0.15, -0.1) is 24.0 Å². The van der Waals surface area contributed by atoms with E-state index in [2.05, 4.69) is 57.4 Å². The number of hydrogen-bond acceptors (Lipinski definition) is 5. The van der Waals surface area contributed by atoms with E-state index in [1.165, 1.54) is 5.56 Å². The maximum atomic E-state index is 6.11. The Morgan fingerprint density at radius 3 is 2.87 bits per heavy atom. The summed E-state index contributed by atoms with van der Waals surface area (Å²) in [4.78, 5) is 13.7. The second-order valence-electron chi connectivity index (χ2n) is 7.61. The lowest BCUT2D eigenvalue weighted by molar-refractivity contribution is -0.0502. The first-order valence-electron chi connectivity index (χ1n) is 10.8. The summed E-state index contributed by atoms with van der Waals surface area (Å²) < 4.78 is 11.8. The lowest BCUT2D eigenvalue weighted by atomic mass is 10.1. The first-order valence-corrected chi connectivity index (χ1v) is 10.8. The van der Waals surface area contributed by atoms with Gasteiger partial charge in [-0.1, -0.05) is 30.3 Å². The van der Waals surface area contributed by atoms with Gasteiger partial charge in [-0.3, -0.25) is 9.88 Å². The second-order valence-corrected chi connectivity index (χ2v) is 7.61. The van der Waals surface area contributed by atoms with Gasteiger partial charge in [-0.2, -0.15) is 0 Å². The fourth-order valence-electron chi connectivity index (χ4n) is 4.12. The maximum Gasteiger partial charge on any atom is 0.194 e. The van der Waals surface area contributed by atoms with Gasteiger partial charge in [0, 0.05) is 38.9 Å². The fourth-order valence-corrected chi connectivity index (χ4v) is 4.12. The standard InChI is InChI=1S/C23H31N5O2.HI/c1-2-25-23(26-11-13-29-20-9-6-10-24-15-20)28-17-21-22(18-28)30-14-12-27(21)16-19-7-4-3-5-8-19;/h3-10,15,21-22H,2,11-14,16-18H2,1H3,(H,25,26);1H. The smallest absolute Gasteiger partial charge is 0.194 e. The average Bonchev–Trinajstić information content (AvgIpc) is 3.23. The largest absolute Gasteiger partial charge is 0.490 e. The van der Waals surface area contributed by atoms with Gasteiger partial charge >= 0.3 is 0 Å². The minimum atomic E-state index is 0. The van der Waals surface area contributed by atoms with Crippen LogP contribution in [0.25, 0.3) is 0 Å². The number of benzene rings is 1. The molecule has 4 rings (SSSR count). The predicted octanol–water partition coefficient (Wildman–Crippen LogP) is 2.63. The Balaban J connectivity index is 0.00000272. The zero-order valence-electron chi connectivity index (χ0n) is 18.0. The van der Waals surface area contributed by atoms with E-state index in [4.69, 9.17) is 14.5 Å². The highest BCUT2D eigenvalue weighted by Gasteiger charge is 2.41. The number of hydrogen-bond donors (Lipinski definition) is 1. The van der Waals surface area contributed by atoms with Crippen LogP contribution in [-0.2, 0) is 11.3 Å². The molecule has 0 amide bonds. The van der Waals surface area contributed by atoms with Gasteiger partial charge in [0.25, 0.3) is 0 Å². The maximum absolute atomic E-state index is 6.11. The van der Waals surface area contributed by atoms with E-state index in [0.29, 0.717) is 19.2 Å². The van der Waals surface area contributed by atoms with Crippen molar-refractivity contribution in [3.05, 3.63) is 60.4 Å². The number of nitrogens with one attached hydrogen (secondary N) is 1. The van der Waals surface area contributed by atoms with Crippen LogP contribution in [0.3, 0.4) is 0 Å². The van der Waals surface area contributed by atoms with E-state index in [-0.39, 0.29) is 30.1 Å². The first kappa shape index (κ1) is 23.7. The highest BCUT2D eigenvalue weighted by molar-refractivity contribution is 14.0. The van der Waals surface area contributed by atoms with Crippen LogP contribution in [0.15, 0.2) is 59.9 Å². The van der Waals surface area contributed by atoms with Crippen LogP contribution in [0.5, 0.6) is 5.75 Å². The summed E-state index contributed by atoms with van der Waals surface area (Å²) >= 11 is 0. The molecule has 2 atom stereocenters. The number of nitrogens with zero attached hydrogens (tertiary/aromatic N) is 4. The van der Waals surface area contributed by atoms with Gasteiger partial charge in [0.05, 0.1) is 31.5 Å². The van der Waals surface area contributed by atoms with E-state index < -0.39 is 0 Å². The Hall–Kier alpha value is -1.91. The summed E-state index contributed by atoms with van der Waals surface area (Å²) in [6.45, 7) is 8.57. The normalized spacial score (nSPS) is 21.3. The molecule has 168 valence electrons. The third-order valence-corrected chi connectivity index (χ3v) is 5.54. The highest BCUT2D eigenvalue weighted by atomic mass is 127. The van der Waals surface area contributed by atoms with Gasteiger partial charge in [-0.05, 0) is 24.6 Å². The zero-order chi connectivity index (χ0) is 20.6. The average molecular weight is 537 g/mol. The molecule has 2 unspecified atom stereocenters. The number of ether oxygens (including phenoxy) is 2. The van der Waals surface area contributed by atoms with Crippen LogP contribution in [-0.4, -0.2) is 78.8 Å². The Bertz CT molecular complexity index is 808. The summed E-state index contributed by atoms with van der Waals surface area (Å²) in [5.41, 5.74) is 1.35. The minimum absolute atomic E-state index is 0. The van der Waals surface area contributed by atoms with Crippen molar-refractivity contribution in [3.8, 4) is 5.75 Å². The number of aromatic nitrogens is 1. The number of pyridine rings is 1. The molecule has 7 nitrogen and oxygen atoms in total. The number of guanidine groups is 1. The van der Waals surface area contributed by atoms with E-state index in [1.807, 2.05) is 12.1 Å². The van der Waals surface area contributed by atoms with Crippen molar-refractivity contribution < 1.29 is 9.47 Å². The number of halogens is 1. The Labute approximate surface area is 201 Å². The van der Waals surface area contributed by atoms with E-state index in [9.17, 15) is 0 Å². The quantitative estimate of drug-likeness (QED) is 0.254. The molecule has 0 spiro atoms. The van der Waals surface area contributed by atoms with Crippen molar-refractivity contribution in [3.63, 3.8) is 0 Å². The van der Waals surface area contributed by atoms with Gasteiger partial charge < -0.3 is 19.7 Å². The van der Waals surface area contributed by atoms with Crippen molar-refractivity contribution in [2.75, 3.05) is 45.9 Å². The van der Waals surface area contributed by atoms with Gasteiger partial charge in [0.2, 0.25) is 0 Å². The molecule has 0 aliphatic carbocycles. The number of likely N-dealkylation sites (tertiary alicyclic amines) is 1. The SMILES string of the molecule is CCNC(=NCCOc1cccnc1)N1CC2OCCN(Cc3ccccc3)C2C1.I. The molecular weight excluding hydrogens is 505 g/mol. The highest BCUT2D eigenvalue weighted by Crippen LogP contribution is 2.24. The van der Waals surface area contributed by atoms with Crippen molar-refractivity contribution in [1.82, 2.24) is 20.1 Å². The molecule has 1 aromatic heterocycles. The lowest BCUT2D eigenvalue weighted by Gasteiger charge is -2.36. The number of aliphatic imine (C=N–C) groups is 1. The van der Waals surface area contributed by atoms with Crippen LogP contribution in [0.2, 0.25) is 0 Å². The van der Waals surface area contributed by atoms with Crippen LogP contribution in [0, 0.1) is 0 Å². The van der Waals surface area contributed by atoms with Crippen molar-refractivity contribution in [1.29, 1.82) is 0 Å². The molecule has 1 aromatic carbocycles. The van der Waals surface area contributed by atoms with Crippen molar-refractivity contribution in [2.45, 2.75) is 25.6 Å². The van der Waals surface area contributed by atoms with Gasteiger partial charge in [0.1, 0.15) is 12.4 Å². The minimum Gasteiger partial charge on any atom is -0.490 e. The molecule has 2 aliphatic heterocycles. The summed E-state index contributed by atoms with van der Waals surface area (Å²) in [6.07, 6.45) is 3.68. The van der Waals surface area contributed by atoms with Crippen LogP contribution >= 0.6 is 24.0 Å². The molecule has 2 aromatic rings. The van der Waals surface area contributed by atoms with Crippen LogP contribution in [0.1, 0.15) is 12.5 Å². The van der Waals surface area contributed by atoms with Crippen LogP contribution in [0.4, 0.5) is 0 Å². The molecule has 0 saturated carbocycles. The molecule has 31 heavy (non-hydrogen) atoms. The van der Waals surface area contributed by atoms with E-state index in [0.717, 1.165) is 51.0 Å². The monoisotopic (exact) mass is 537 g/mol.